The number of ether oxygens (including phenoxy) is 3. The monoisotopic (exact) mass is 454 g/mol. The summed E-state index contributed by atoms with van der Waals surface area (Å²) in [6.45, 7) is 3.97. The number of rotatable bonds is 6. The molecule has 1 aliphatic heterocycles. The molecule has 1 amide bonds. The van der Waals surface area contributed by atoms with Gasteiger partial charge in [-0.3, -0.25) is 9.69 Å². The number of hydrogen-bond donors (Lipinski definition) is 0. The normalized spacial score (nSPS) is 14.9. The minimum Gasteiger partial charge on any atom is -0.496 e. The molecule has 0 atom stereocenters. The van der Waals surface area contributed by atoms with Gasteiger partial charge in [0.1, 0.15) is 5.75 Å². The van der Waals surface area contributed by atoms with Gasteiger partial charge in [0.25, 0.3) is 5.91 Å². The molecule has 0 unspecified atom stereocenters. The Morgan fingerprint density at radius 2 is 1.63 bits per heavy atom. The van der Waals surface area contributed by atoms with Crippen LogP contribution in [0.1, 0.15) is 15.2 Å². The summed E-state index contributed by atoms with van der Waals surface area (Å²) >= 11 is 5.25. The van der Waals surface area contributed by atoms with E-state index in [1.807, 2.05) is 4.90 Å². The molecule has 2 heterocycles. The predicted molar refractivity (Wildman–Crippen MR) is 109 cm³/mol. The Balaban J connectivity index is 1.68. The first-order valence-electron chi connectivity index (χ1n) is 8.61. The second-order valence-electron chi connectivity index (χ2n) is 6.18. The maximum Gasteiger partial charge on any atom is 0.257 e. The van der Waals surface area contributed by atoms with Gasteiger partial charge in [-0.15, -0.1) is 11.3 Å². The fourth-order valence-corrected chi connectivity index (χ4v) is 4.66. The summed E-state index contributed by atoms with van der Waals surface area (Å²) in [5, 5.41) is 0. The number of methoxy groups -OCH3 is 3. The molecule has 0 aliphatic carbocycles. The van der Waals surface area contributed by atoms with Crippen molar-refractivity contribution < 1.29 is 19.0 Å². The number of piperazine rings is 1. The molecule has 1 aliphatic rings. The summed E-state index contributed by atoms with van der Waals surface area (Å²) in [6.07, 6.45) is 0. The molecular formula is C19H23BrN2O4S. The third kappa shape index (κ3) is 4.56. The Kier molecular flexibility index (Phi) is 6.62. The molecule has 27 heavy (non-hydrogen) atoms. The van der Waals surface area contributed by atoms with E-state index in [4.69, 9.17) is 14.2 Å². The van der Waals surface area contributed by atoms with E-state index in [1.165, 1.54) is 4.88 Å². The maximum absolute atomic E-state index is 13.0. The van der Waals surface area contributed by atoms with Gasteiger partial charge in [-0.2, -0.15) is 0 Å². The van der Waals surface area contributed by atoms with Crippen LogP contribution in [0.4, 0.5) is 0 Å². The van der Waals surface area contributed by atoms with E-state index in [-0.39, 0.29) is 5.91 Å². The fourth-order valence-electron chi connectivity index (χ4n) is 3.13. The van der Waals surface area contributed by atoms with Crippen molar-refractivity contribution in [2.75, 3.05) is 47.5 Å². The number of carbonyl (C=O) groups excluding carboxylic acids is 1. The smallest absolute Gasteiger partial charge is 0.257 e. The molecule has 2 aromatic rings. The van der Waals surface area contributed by atoms with E-state index in [1.54, 1.807) is 44.8 Å². The quantitative estimate of drug-likeness (QED) is 0.668. The molecule has 0 N–H and O–H groups in total. The fraction of sp³-hybridized carbons (Fsp3) is 0.421. The molecule has 1 saturated heterocycles. The average Bonchev–Trinajstić information content (AvgIpc) is 3.11. The molecule has 146 valence electrons. The first-order valence-corrected chi connectivity index (χ1v) is 10.2. The maximum atomic E-state index is 13.0. The number of benzene rings is 1. The van der Waals surface area contributed by atoms with Gasteiger partial charge in [0, 0.05) is 49.7 Å². The zero-order chi connectivity index (χ0) is 19.4. The van der Waals surface area contributed by atoms with Gasteiger partial charge in [-0.1, -0.05) is 0 Å². The first-order chi connectivity index (χ1) is 13.0. The summed E-state index contributed by atoms with van der Waals surface area (Å²) in [7, 11) is 4.67. The number of nitrogens with zero attached hydrogens (tertiary/aromatic N) is 2. The van der Waals surface area contributed by atoms with Crippen molar-refractivity contribution in [3.63, 3.8) is 0 Å². The van der Waals surface area contributed by atoms with Crippen LogP contribution in [-0.4, -0.2) is 63.2 Å². The van der Waals surface area contributed by atoms with Crippen molar-refractivity contribution in [2.45, 2.75) is 6.54 Å². The van der Waals surface area contributed by atoms with Crippen LogP contribution in [0, 0.1) is 0 Å². The summed E-state index contributed by atoms with van der Waals surface area (Å²) < 4.78 is 17.2. The van der Waals surface area contributed by atoms with Crippen molar-refractivity contribution in [1.82, 2.24) is 9.80 Å². The van der Waals surface area contributed by atoms with Crippen molar-refractivity contribution in [3.8, 4) is 17.2 Å². The standard InChI is InChI=1S/C19H23BrN2O4S/c1-24-15-11-17(26-3)16(25-2)10-14(15)19(23)22-8-6-21(7-9-22)12-13-4-5-18(20)27-13/h4-5,10-11H,6-9,12H2,1-3H3. The third-order valence-electron chi connectivity index (χ3n) is 4.60. The minimum atomic E-state index is -0.0497. The lowest BCUT2D eigenvalue weighted by Gasteiger charge is -2.34. The highest BCUT2D eigenvalue weighted by Crippen LogP contribution is 2.35. The average molecular weight is 455 g/mol. The zero-order valence-electron chi connectivity index (χ0n) is 15.7. The van der Waals surface area contributed by atoms with E-state index >= 15 is 0 Å². The third-order valence-corrected chi connectivity index (χ3v) is 6.21. The highest BCUT2D eigenvalue weighted by Gasteiger charge is 2.26. The molecule has 1 aromatic carbocycles. The molecule has 1 aromatic heterocycles. The molecule has 0 spiro atoms. The minimum absolute atomic E-state index is 0.0497. The molecule has 0 bridgehead atoms. The summed E-state index contributed by atoms with van der Waals surface area (Å²) in [5.74, 6) is 1.50. The Hall–Kier alpha value is -1.77. The lowest BCUT2D eigenvalue weighted by Crippen LogP contribution is -2.48. The van der Waals surface area contributed by atoms with Gasteiger partial charge >= 0.3 is 0 Å². The van der Waals surface area contributed by atoms with E-state index < -0.39 is 0 Å². The Labute approximate surface area is 171 Å². The molecule has 8 heteroatoms. The Morgan fingerprint density at radius 3 is 2.19 bits per heavy atom. The molecule has 0 radical (unpaired) electrons. The van der Waals surface area contributed by atoms with Crippen LogP contribution in [0.3, 0.4) is 0 Å². The highest BCUT2D eigenvalue weighted by molar-refractivity contribution is 9.11. The molecule has 0 saturated carbocycles. The zero-order valence-corrected chi connectivity index (χ0v) is 18.1. The van der Waals surface area contributed by atoms with Crippen LogP contribution >= 0.6 is 27.3 Å². The molecular weight excluding hydrogens is 432 g/mol. The second-order valence-corrected chi connectivity index (χ2v) is 8.73. The lowest BCUT2D eigenvalue weighted by atomic mass is 10.1. The van der Waals surface area contributed by atoms with Crippen LogP contribution in [0.5, 0.6) is 17.2 Å². The van der Waals surface area contributed by atoms with Gasteiger partial charge in [-0.25, -0.2) is 0 Å². The van der Waals surface area contributed by atoms with E-state index in [2.05, 4.69) is 33.0 Å². The van der Waals surface area contributed by atoms with Gasteiger partial charge in [0.05, 0.1) is 30.7 Å². The highest BCUT2D eigenvalue weighted by atomic mass is 79.9. The second kappa shape index (κ2) is 8.95. The molecule has 1 fully saturated rings. The van der Waals surface area contributed by atoms with Crippen molar-refractivity contribution in [1.29, 1.82) is 0 Å². The van der Waals surface area contributed by atoms with Gasteiger partial charge in [0.2, 0.25) is 0 Å². The SMILES string of the molecule is COc1cc(OC)c(C(=O)N2CCN(Cc3ccc(Br)s3)CC2)cc1OC. The Bertz CT molecular complexity index is 803. The van der Waals surface area contributed by atoms with Gasteiger partial charge in [-0.05, 0) is 28.1 Å². The largest absolute Gasteiger partial charge is 0.496 e. The predicted octanol–water partition coefficient (Wildman–Crippen LogP) is 3.49. The van der Waals surface area contributed by atoms with E-state index in [9.17, 15) is 4.79 Å². The lowest BCUT2D eigenvalue weighted by molar-refractivity contribution is 0.0626. The number of halogens is 1. The van der Waals surface area contributed by atoms with Crippen LogP contribution in [0.2, 0.25) is 0 Å². The van der Waals surface area contributed by atoms with Crippen LogP contribution in [0.25, 0.3) is 0 Å². The van der Waals surface area contributed by atoms with Crippen LogP contribution in [-0.2, 0) is 6.54 Å². The van der Waals surface area contributed by atoms with Crippen molar-refractivity contribution in [3.05, 3.63) is 38.5 Å². The van der Waals surface area contributed by atoms with E-state index in [0.717, 1.165) is 23.4 Å². The van der Waals surface area contributed by atoms with Gasteiger partial charge in [0.15, 0.2) is 11.5 Å². The molecule has 6 nitrogen and oxygen atoms in total. The molecule has 3 rings (SSSR count). The first kappa shape index (κ1) is 20.0. The summed E-state index contributed by atoms with van der Waals surface area (Å²) in [5.41, 5.74) is 0.491. The summed E-state index contributed by atoms with van der Waals surface area (Å²) in [4.78, 5) is 18.6. The number of amides is 1. The van der Waals surface area contributed by atoms with Crippen LogP contribution < -0.4 is 14.2 Å². The topological polar surface area (TPSA) is 51.2 Å². The number of thiophene rings is 1. The Morgan fingerprint density at radius 1 is 1.00 bits per heavy atom. The number of carbonyl (C=O) groups is 1. The summed E-state index contributed by atoms with van der Waals surface area (Å²) in [6, 6.07) is 7.59. The van der Waals surface area contributed by atoms with Gasteiger partial charge < -0.3 is 19.1 Å². The van der Waals surface area contributed by atoms with Crippen molar-refractivity contribution >= 4 is 33.2 Å². The van der Waals surface area contributed by atoms with Crippen molar-refractivity contribution in [2.24, 2.45) is 0 Å². The van der Waals surface area contributed by atoms with E-state index in [0.29, 0.717) is 35.9 Å². The number of hydrogen-bond acceptors (Lipinski definition) is 6. The van der Waals surface area contributed by atoms with Crippen LogP contribution in [0.15, 0.2) is 28.1 Å².